The van der Waals surface area contributed by atoms with Crippen LogP contribution in [0.3, 0.4) is 0 Å². The Labute approximate surface area is 144 Å². The minimum atomic E-state index is 0.589. The molecule has 5 rings (SSSR count). The highest BCUT2D eigenvalue weighted by Gasteiger charge is 2.33. The summed E-state index contributed by atoms with van der Waals surface area (Å²) in [6.45, 7) is 3.10. The van der Waals surface area contributed by atoms with Crippen molar-refractivity contribution < 1.29 is 0 Å². The zero-order valence-corrected chi connectivity index (χ0v) is 14.1. The van der Waals surface area contributed by atoms with Gasteiger partial charge in [-0.2, -0.15) is 0 Å². The largest absolute Gasteiger partial charge is 0.356 e. The topological polar surface area (TPSA) is 53.1 Å². The van der Waals surface area contributed by atoms with Crippen molar-refractivity contribution in [1.82, 2.24) is 20.8 Å². The number of hydrogen-bond donors (Lipinski definition) is 2. The van der Waals surface area contributed by atoms with E-state index in [0.717, 1.165) is 53.5 Å². The Bertz CT molecular complexity index is 863. The first-order valence-corrected chi connectivity index (χ1v) is 9.30. The van der Waals surface area contributed by atoms with Crippen molar-refractivity contribution in [3.63, 3.8) is 0 Å². The third kappa shape index (κ3) is 2.38. The highest BCUT2D eigenvalue weighted by Crippen LogP contribution is 2.32. The molecule has 6 heteroatoms. The molecule has 0 spiro atoms. The van der Waals surface area contributed by atoms with Gasteiger partial charge in [0.05, 0.1) is 10.4 Å². The Morgan fingerprint density at radius 1 is 1.12 bits per heavy atom. The van der Waals surface area contributed by atoms with Gasteiger partial charge in [0.25, 0.3) is 0 Å². The molecule has 4 heterocycles. The standard InChI is InChI=1S/C18H19N5S/c1-2-5-15-13(4-1)18(21-17(20-15)16-6-3-9-24-16)23-8-7-14-12(11-23)10-19-22-14/h1-6,9,12,14,19,22H,7-8,10-11H2. The van der Waals surface area contributed by atoms with Gasteiger partial charge >= 0.3 is 0 Å². The van der Waals surface area contributed by atoms with Crippen LogP contribution in [0.1, 0.15) is 6.42 Å². The molecule has 2 saturated heterocycles. The predicted octanol–water partition coefficient (Wildman–Crippen LogP) is 2.66. The molecule has 0 amide bonds. The molecule has 0 saturated carbocycles. The average Bonchev–Trinajstić information content (AvgIpc) is 3.31. The fourth-order valence-corrected chi connectivity index (χ4v) is 4.42. The first kappa shape index (κ1) is 14.3. The smallest absolute Gasteiger partial charge is 0.172 e. The minimum Gasteiger partial charge on any atom is -0.356 e. The molecule has 2 aromatic heterocycles. The van der Waals surface area contributed by atoms with Crippen LogP contribution < -0.4 is 15.8 Å². The monoisotopic (exact) mass is 337 g/mol. The molecule has 0 aliphatic carbocycles. The lowest BCUT2D eigenvalue weighted by Crippen LogP contribution is -2.45. The number of nitrogens with zero attached hydrogens (tertiary/aromatic N) is 3. The molecule has 0 bridgehead atoms. The highest BCUT2D eigenvalue weighted by molar-refractivity contribution is 7.13. The molecule has 2 N–H and O–H groups in total. The van der Waals surface area contributed by atoms with E-state index in [4.69, 9.17) is 9.97 Å². The van der Waals surface area contributed by atoms with E-state index >= 15 is 0 Å². The molecule has 5 nitrogen and oxygen atoms in total. The van der Waals surface area contributed by atoms with Gasteiger partial charge in [0.1, 0.15) is 5.82 Å². The summed E-state index contributed by atoms with van der Waals surface area (Å²) in [6.07, 6.45) is 1.14. The van der Waals surface area contributed by atoms with Gasteiger partial charge in [0.15, 0.2) is 5.82 Å². The summed E-state index contributed by atoms with van der Waals surface area (Å²) < 4.78 is 0. The normalized spacial score (nSPS) is 23.6. The molecule has 2 aliphatic rings. The SMILES string of the molecule is c1csc(-c2nc(N3CCC4NNCC4C3)c3ccccc3n2)c1. The maximum Gasteiger partial charge on any atom is 0.172 e. The number of nitrogens with one attached hydrogen (secondary N) is 2. The molecule has 2 atom stereocenters. The Balaban J connectivity index is 1.61. The summed E-state index contributed by atoms with van der Waals surface area (Å²) in [5.41, 5.74) is 7.72. The Kier molecular flexibility index (Phi) is 3.47. The van der Waals surface area contributed by atoms with Crippen LogP contribution in [-0.4, -0.2) is 35.6 Å². The van der Waals surface area contributed by atoms with Crippen LogP contribution in [0, 0.1) is 5.92 Å². The molecule has 2 unspecified atom stereocenters. The van der Waals surface area contributed by atoms with E-state index in [0.29, 0.717) is 12.0 Å². The van der Waals surface area contributed by atoms with Crippen molar-refractivity contribution in [2.75, 3.05) is 24.5 Å². The van der Waals surface area contributed by atoms with Crippen LogP contribution in [0.2, 0.25) is 0 Å². The number of hydrazine groups is 1. The van der Waals surface area contributed by atoms with E-state index in [1.54, 1.807) is 11.3 Å². The maximum atomic E-state index is 4.97. The number of para-hydroxylation sites is 1. The summed E-state index contributed by atoms with van der Waals surface area (Å²) >= 11 is 1.69. The van der Waals surface area contributed by atoms with Gasteiger partial charge in [-0.1, -0.05) is 18.2 Å². The van der Waals surface area contributed by atoms with Crippen molar-refractivity contribution >= 4 is 28.1 Å². The number of hydrogen-bond acceptors (Lipinski definition) is 6. The molecule has 3 aromatic rings. The van der Waals surface area contributed by atoms with Crippen LogP contribution >= 0.6 is 11.3 Å². The third-order valence-electron chi connectivity index (χ3n) is 5.01. The second kappa shape index (κ2) is 5.81. The number of thiophene rings is 1. The molecule has 1 aromatic carbocycles. The van der Waals surface area contributed by atoms with E-state index in [9.17, 15) is 0 Å². The van der Waals surface area contributed by atoms with E-state index in [-0.39, 0.29) is 0 Å². The van der Waals surface area contributed by atoms with E-state index in [2.05, 4.69) is 51.5 Å². The number of aromatic nitrogens is 2. The molecule has 122 valence electrons. The first-order valence-electron chi connectivity index (χ1n) is 8.42. The van der Waals surface area contributed by atoms with Crippen LogP contribution in [0.15, 0.2) is 41.8 Å². The second-order valence-electron chi connectivity index (χ2n) is 6.49. The lowest BCUT2D eigenvalue weighted by Gasteiger charge is -2.35. The fourth-order valence-electron chi connectivity index (χ4n) is 3.76. The Morgan fingerprint density at radius 3 is 3.00 bits per heavy atom. The van der Waals surface area contributed by atoms with Gasteiger partial charge in [0, 0.05) is 37.0 Å². The van der Waals surface area contributed by atoms with Crippen molar-refractivity contribution in [3.8, 4) is 10.7 Å². The van der Waals surface area contributed by atoms with Gasteiger partial charge < -0.3 is 4.90 Å². The summed E-state index contributed by atoms with van der Waals surface area (Å²) in [6, 6.07) is 13.1. The Morgan fingerprint density at radius 2 is 2.08 bits per heavy atom. The van der Waals surface area contributed by atoms with Crippen LogP contribution in [0.5, 0.6) is 0 Å². The third-order valence-corrected chi connectivity index (χ3v) is 5.88. The molecular formula is C18H19N5S. The zero-order valence-electron chi connectivity index (χ0n) is 13.3. The van der Waals surface area contributed by atoms with E-state index in [1.807, 2.05) is 6.07 Å². The maximum absolute atomic E-state index is 4.97. The van der Waals surface area contributed by atoms with Crippen molar-refractivity contribution in [1.29, 1.82) is 0 Å². The lowest BCUT2D eigenvalue weighted by atomic mass is 9.94. The molecule has 2 fully saturated rings. The second-order valence-corrected chi connectivity index (χ2v) is 7.44. The summed E-state index contributed by atoms with van der Waals surface area (Å²) in [5, 5.41) is 3.23. The molecule has 0 radical (unpaired) electrons. The summed E-state index contributed by atoms with van der Waals surface area (Å²) in [5.74, 6) is 2.55. The van der Waals surface area contributed by atoms with Gasteiger partial charge in [-0.25, -0.2) is 9.97 Å². The average molecular weight is 337 g/mol. The predicted molar refractivity (Wildman–Crippen MR) is 98.1 cm³/mol. The molecule has 2 aliphatic heterocycles. The van der Waals surface area contributed by atoms with Crippen LogP contribution in [0.25, 0.3) is 21.6 Å². The van der Waals surface area contributed by atoms with Crippen LogP contribution in [-0.2, 0) is 0 Å². The van der Waals surface area contributed by atoms with E-state index < -0.39 is 0 Å². The molecular weight excluding hydrogens is 318 g/mol. The summed E-state index contributed by atoms with van der Waals surface area (Å²) in [4.78, 5) is 13.3. The van der Waals surface area contributed by atoms with Gasteiger partial charge in [-0.15, -0.1) is 11.3 Å². The number of piperidine rings is 1. The number of benzene rings is 1. The minimum absolute atomic E-state index is 0.589. The van der Waals surface area contributed by atoms with Gasteiger partial charge in [-0.05, 0) is 30.0 Å². The van der Waals surface area contributed by atoms with Gasteiger partial charge in [-0.3, -0.25) is 10.9 Å². The Hall–Kier alpha value is -2.02. The molecule has 24 heavy (non-hydrogen) atoms. The number of anilines is 1. The highest BCUT2D eigenvalue weighted by atomic mass is 32.1. The van der Waals surface area contributed by atoms with Gasteiger partial charge in [0.2, 0.25) is 0 Å². The number of fused-ring (bicyclic) bond motifs is 2. The first-order chi connectivity index (χ1) is 11.9. The quantitative estimate of drug-likeness (QED) is 0.753. The van der Waals surface area contributed by atoms with E-state index in [1.165, 1.54) is 0 Å². The lowest BCUT2D eigenvalue weighted by molar-refractivity contribution is 0.383. The van der Waals surface area contributed by atoms with Crippen molar-refractivity contribution in [2.45, 2.75) is 12.5 Å². The van der Waals surface area contributed by atoms with Crippen molar-refractivity contribution in [3.05, 3.63) is 41.8 Å². The summed E-state index contributed by atoms with van der Waals surface area (Å²) in [7, 11) is 0. The van der Waals surface area contributed by atoms with Crippen molar-refractivity contribution in [2.24, 2.45) is 5.92 Å². The number of rotatable bonds is 2. The van der Waals surface area contributed by atoms with Crippen LogP contribution in [0.4, 0.5) is 5.82 Å². The zero-order chi connectivity index (χ0) is 15.9. The fraction of sp³-hybridized carbons (Fsp3) is 0.333.